The van der Waals surface area contributed by atoms with Gasteiger partial charge < -0.3 is 5.32 Å². The Bertz CT molecular complexity index is 451. The molecule has 1 heteroatoms. The number of fused-ring (bicyclic) bond motifs is 3. The largest absolute Gasteiger partial charge is 0.316 e. The van der Waals surface area contributed by atoms with Crippen LogP contribution in [0, 0.1) is 34.5 Å². The van der Waals surface area contributed by atoms with Crippen molar-refractivity contribution >= 4 is 0 Å². The van der Waals surface area contributed by atoms with Crippen molar-refractivity contribution in [1.82, 2.24) is 5.32 Å². The summed E-state index contributed by atoms with van der Waals surface area (Å²) in [7, 11) is 0. The minimum Gasteiger partial charge on any atom is -0.316 e. The van der Waals surface area contributed by atoms with E-state index in [2.05, 4.69) is 46.0 Å². The quantitative estimate of drug-likeness (QED) is 0.645. The first kappa shape index (κ1) is 17.5. The van der Waals surface area contributed by atoms with E-state index in [4.69, 9.17) is 0 Å². The standard InChI is InChI=1S/C22H39N/c1-6-23-15-21(4)12-7-13-22(5)19-10-8-17(16(2)3)14-18(19)9-11-20(21)22/h9,16-17,19-20,23H,6-8,10-15H2,1-5H3/t17?,19-,20?,21-,22-/m1/s1. The lowest BCUT2D eigenvalue weighted by Crippen LogP contribution is -2.53. The average molecular weight is 318 g/mol. The SMILES string of the molecule is CCNC[C@@]1(C)CCC[C@@]2(C)C1CC=C1CC(C(C)C)CC[C@H]12. The van der Waals surface area contributed by atoms with E-state index in [0.717, 1.165) is 30.2 Å². The Balaban J connectivity index is 1.84. The molecule has 0 saturated heterocycles. The van der Waals surface area contributed by atoms with Crippen LogP contribution in [-0.4, -0.2) is 13.1 Å². The van der Waals surface area contributed by atoms with Gasteiger partial charge in [0.15, 0.2) is 0 Å². The molecule has 5 atom stereocenters. The molecular formula is C22H39N. The number of nitrogens with one attached hydrogen (secondary N) is 1. The monoisotopic (exact) mass is 317 g/mol. The van der Waals surface area contributed by atoms with Gasteiger partial charge in [-0.2, -0.15) is 0 Å². The van der Waals surface area contributed by atoms with Crippen molar-refractivity contribution in [2.75, 3.05) is 13.1 Å². The molecule has 23 heavy (non-hydrogen) atoms. The van der Waals surface area contributed by atoms with Crippen LogP contribution in [0.4, 0.5) is 0 Å². The van der Waals surface area contributed by atoms with Gasteiger partial charge in [-0.25, -0.2) is 0 Å². The molecule has 0 radical (unpaired) electrons. The number of hydrogen-bond acceptors (Lipinski definition) is 1. The van der Waals surface area contributed by atoms with Crippen LogP contribution in [0.15, 0.2) is 11.6 Å². The van der Waals surface area contributed by atoms with Gasteiger partial charge >= 0.3 is 0 Å². The number of hydrogen-bond donors (Lipinski definition) is 1. The fourth-order valence-electron chi connectivity index (χ4n) is 6.54. The van der Waals surface area contributed by atoms with E-state index in [1.165, 1.54) is 51.5 Å². The molecule has 0 aromatic heterocycles. The maximum absolute atomic E-state index is 3.68. The molecule has 2 unspecified atom stereocenters. The van der Waals surface area contributed by atoms with Crippen LogP contribution in [0.25, 0.3) is 0 Å². The van der Waals surface area contributed by atoms with Crippen LogP contribution in [0.5, 0.6) is 0 Å². The smallest absolute Gasteiger partial charge is 0.000802 e. The van der Waals surface area contributed by atoms with E-state index in [1.54, 1.807) is 0 Å². The molecule has 0 aromatic rings. The Labute approximate surface area is 144 Å². The highest BCUT2D eigenvalue weighted by Gasteiger charge is 2.54. The van der Waals surface area contributed by atoms with Crippen molar-refractivity contribution in [3.63, 3.8) is 0 Å². The molecule has 132 valence electrons. The summed E-state index contributed by atoms with van der Waals surface area (Å²) < 4.78 is 0. The Morgan fingerprint density at radius 2 is 2.00 bits per heavy atom. The Morgan fingerprint density at radius 1 is 1.22 bits per heavy atom. The summed E-state index contributed by atoms with van der Waals surface area (Å²) in [5.74, 6) is 3.56. The normalized spacial score (nSPS) is 43.7. The molecule has 1 nitrogen and oxygen atoms in total. The zero-order valence-corrected chi connectivity index (χ0v) is 16.3. The van der Waals surface area contributed by atoms with Gasteiger partial charge in [-0.15, -0.1) is 0 Å². The number of allylic oxidation sites excluding steroid dienone is 2. The van der Waals surface area contributed by atoms with Gasteiger partial charge in [-0.05, 0) is 79.6 Å². The second-order valence-electron chi connectivity index (χ2n) is 9.70. The fraction of sp³-hybridized carbons (Fsp3) is 0.909. The van der Waals surface area contributed by atoms with Crippen LogP contribution in [0.3, 0.4) is 0 Å². The van der Waals surface area contributed by atoms with Crippen molar-refractivity contribution in [3.8, 4) is 0 Å². The van der Waals surface area contributed by atoms with Gasteiger partial charge in [-0.3, -0.25) is 0 Å². The molecule has 3 rings (SSSR count). The lowest BCUT2D eigenvalue weighted by atomic mass is 9.46. The lowest BCUT2D eigenvalue weighted by molar-refractivity contribution is -0.0557. The van der Waals surface area contributed by atoms with Gasteiger partial charge in [0.05, 0.1) is 0 Å². The van der Waals surface area contributed by atoms with Crippen molar-refractivity contribution in [3.05, 3.63) is 11.6 Å². The highest BCUT2D eigenvalue weighted by Crippen LogP contribution is 2.62. The summed E-state index contributed by atoms with van der Waals surface area (Å²) >= 11 is 0. The molecule has 2 fully saturated rings. The molecule has 3 aliphatic carbocycles. The molecule has 1 N–H and O–H groups in total. The van der Waals surface area contributed by atoms with Gasteiger partial charge in [0.2, 0.25) is 0 Å². The molecule has 0 spiro atoms. The summed E-state index contributed by atoms with van der Waals surface area (Å²) in [6, 6.07) is 0. The first-order valence-corrected chi connectivity index (χ1v) is 10.3. The minimum absolute atomic E-state index is 0.500. The van der Waals surface area contributed by atoms with Crippen LogP contribution in [-0.2, 0) is 0 Å². The molecule has 0 bridgehead atoms. The predicted molar refractivity (Wildman–Crippen MR) is 100 cm³/mol. The van der Waals surface area contributed by atoms with E-state index in [1.807, 2.05) is 5.57 Å². The molecule has 0 heterocycles. The molecule has 3 aliphatic rings. The third-order valence-electron chi connectivity index (χ3n) is 8.01. The summed E-state index contributed by atoms with van der Waals surface area (Å²) in [6.07, 6.45) is 12.7. The second kappa shape index (κ2) is 6.54. The third-order valence-corrected chi connectivity index (χ3v) is 8.01. The minimum atomic E-state index is 0.500. The fourth-order valence-corrected chi connectivity index (χ4v) is 6.54. The maximum atomic E-state index is 3.68. The van der Waals surface area contributed by atoms with Crippen molar-refractivity contribution in [2.45, 2.75) is 79.6 Å². The van der Waals surface area contributed by atoms with E-state index >= 15 is 0 Å². The summed E-state index contributed by atoms with van der Waals surface area (Å²) in [5.41, 5.74) is 2.91. The van der Waals surface area contributed by atoms with E-state index in [0.29, 0.717) is 10.8 Å². The van der Waals surface area contributed by atoms with Crippen LogP contribution < -0.4 is 5.32 Å². The highest BCUT2D eigenvalue weighted by atomic mass is 14.9. The molecule has 0 aromatic carbocycles. The Kier molecular flexibility index (Phi) is 4.98. The summed E-state index contributed by atoms with van der Waals surface area (Å²) in [5, 5.41) is 3.68. The number of rotatable bonds is 4. The van der Waals surface area contributed by atoms with Crippen LogP contribution in [0.1, 0.15) is 79.6 Å². The van der Waals surface area contributed by atoms with E-state index in [9.17, 15) is 0 Å². The van der Waals surface area contributed by atoms with Crippen molar-refractivity contribution in [2.24, 2.45) is 34.5 Å². The van der Waals surface area contributed by atoms with Crippen LogP contribution in [0.2, 0.25) is 0 Å². The van der Waals surface area contributed by atoms with Crippen molar-refractivity contribution in [1.29, 1.82) is 0 Å². The molecular weight excluding hydrogens is 278 g/mol. The van der Waals surface area contributed by atoms with Crippen LogP contribution >= 0.6 is 0 Å². The Morgan fingerprint density at radius 3 is 2.70 bits per heavy atom. The first-order chi connectivity index (χ1) is 10.9. The maximum Gasteiger partial charge on any atom is 0.000802 e. The zero-order valence-electron chi connectivity index (χ0n) is 16.3. The van der Waals surface area contributed by atoms with Crippen molar-refractivity contribution < 1.29 is 0 Å². The topological polar surface area (TPSA) is 12.0 Å². The molecule has 0 amide bonds. The third kappa shape index (κ3) is 3.03. The van der Waals surface area contributed by atoms with E-state index in [-0.39, 0.29) is 0 Å². The molecule has 2 saturated carbocycles. The first-order valence-electron chi connectivity index (χ1n) is 10.3. The Hall–Kier alpha value is -0.300. The molecule has 0 aliphatic heterocycles. The second-order valence-corrected chi connectivity index (χ2v) is 9.70. The zero-order chi connectivity index (χ0) is 16.7. The lowest BCUT2D eigenvalue weighted by Gasteiger charge is -2.59. The van der Waals surface area contributed by atoms with Gasteiger partial charge in [0, 0.05) is 6.54 Å². The highest BCUT2D eigenvalue weighted by molar-refractivity contribution is 5.22. The van der Waals surface area contributed by atoms with E-state index < -0.39 is 0 Å². The van der Waals surface area contributed by atoms with Gasteiger partial charge in [0.1, 0.15) is 0 Å². The average Bonchev–Trinajstić information content (AvgIpc) is 2.52. The summed E-state index contributed by atoms with van der Waals surface area (Å²) in [4.78, 5) is 0. The summed E-state index contributed by atoms with van der Waals surface area (Å²) in [6.45, 7) is 14.7. The predicted octanol–water partition coefficient (Wildman–Crippen LogP) is 5.81. The van der Waals surface area contributed by atoms with Gasteiger partial charge in [-0.1, -0.05) is 52.7 Å². The van der Waals surface area contributed by atoms with Gasteiger partial charge in [0.25, 0.3) is 0 Å².